The fraction of sp³-hybridized carbons (Fsp3) is 0.600. The van der Waals surface area contributed by atoms with E-state index in [0.29, 0.717) is 17.6 Å². The summed E-state index contributed by atoms with van der Waals surface area (Å²) in [6.45, 7) is 2.17. The van der Waals surface area contributed by atoms with Gasteiger partial charge in [0.25, 0.3) is 0 Å². The highest BCUT2D eigenvalue weighted by Gasteiger charge is 2.22. The number of nitrogen functional groups attached to an aromatic ring is 1. The second kappa shape index (κ2) is 6.66. The summed E-state index contributed by atoms with van der Waals surface area (Å²) >= 11 is 0. The molecule has 1 aliphatic rings. The van der Waals surface area contributed by atoms with E-state index in [2.05, 4.69) is 12.2 Å². The number of nitrogens with one attached hydrogen (secondary N) is 1. The highest BCUT2D eigenvalue weighted by Crippen LogP contribution is 2.31. The molecule has 6 heteroatoms. The Labute approximate surface area is 127 Å². The zero-order chi connectivity index (χ0) is 15.5. The van der Waals surface area contributed by atoms with Gasteiger partial charge in [0.15, 0.2) is 0 Å². The lowest BCUT2D eigenvalue weighted by molar-refractivity contribution is 0.313. The predicted octanol–water partition coefficient (Wildman–Crippen LogP) is 2.69. The molecule has 2 rings (SSSR count). The summed E-state index contributed by atoms with van der Waals surface area (Å²) in [5.41, 5.74) is 7.19. The Morgan fingerprint density at radius 1 is 1.29 bits per heavy atom. The van der Waals surface area contributed by atoms with Crippen molar-refractivity contribution >= 4 is 21.4 Å². The van der Waals surface area contributed by atoms with Crippen molar-refractivity contribution in [2.45, 2.75) is 56.4 Å². The normalized spacial score (nSPS) is 18.4. The maximum atomic E-state index is 11.3. The second-order valence-electron chi connectivity index (χ2n) is 5.85. The first-order valence-electron chi connectivity index (χ1n) is 7.60. The molecule has 0 saturated heterocycles. The summed E-state index contributed by atoms with van der Waals surface area (Å²) in [5.74, 6) is 0.668. The van der Waals surface area contributed by atoms with Crippen molar-refractivity contribution in [3.63, 3.8) is 0 Å². The number of hydrogen-bond acceptors (Lipinski definition) is 4. The van der Waals surface area contributed by atoms with Crippen LogP contribution < -0.4 is 16.2 Å². The first-order valence-corrected chi connectivity index (χ1v) is 9.15. The third kappa shape index (κ3) is 4.11. The minimum atomic E-state index is -3.70. The van der Waals surface area contributed by atoms with Gasteiger partial charge >= 0.3 is 0 Å². The molecule has 1 fully saturated rings. The van der Waals surface area contributed by atoms with Crippen LogP contribution in [-0.2, 0) is 10.0 Å². The molecule has 0 aliphatic heterocycles. The molecule has 1 atom stereocenters. The van der Waals surface area contributed by atoms with Crippen molar-refractivity contribution in [2.24, 2.45) is 11.1 Å². The molecule has 0 heterocycles. The standard InChI is InChI=1S/C15H25N3O2S/c1-2-14(11-6-4-3-5-7-11)18-15-9-8-12(10-13(15)16)21(17,19)20/h8-11,14,18H,2-7,16H2,1H3,(H2,17,19,20). The Kier molecular flexibility index (Phi) is 5.11. The van der Waals surface area contributed by atoms with Gasteiger partial charge in [-0.1, -0.05) is 26.2 Å². The minimum Gasteiger partial charge on any atom is -0.397 e. The van der Waals surface area contributed by atoms with E-state index in [0.717, 1.165) is 12.1 Å². The summed E-state index contributed by atoms with van der Waals surface area (Å²) < 4.78 is 22.6. The summed E-state index contributed by atoms with van der Waals surface area (Å²) in [5, 5.41) is 8.60. The van der Waals surface area contributed by atoms with Gasteiger partial charge in [-0.15, -0.1) is 0 Å². The Hall–Kier alpha value is -1.27. The molecule has 1 unspecified atom stereocenters. The molecule has 0 amide bonds. The number of benzene rings is 1. The van der Waals surface area contributed by atoms with E-state index in [-0.39, 0.29) is 4.90 Å². The smallest absolute Gasteiger partial charge is 0.238 e. The van der Waals surface area contributed by atoms with Crippen LogP contribution in [0.1, 0.15) is 45.4 Å². The van der Waals surface area contributed by atoms with Gasteiger partial charge in [0.2, 0.25) is 10.0 Å². The molecule has 5 nitrogen and oxygen atoms in total. The van der Waals surface area contributed by atoms with E-state index in [1.165, 1.54) is 44.2 Å². The SMILES string of the molecule is CCC(Nc1ccc(S(N)(=O)=O)cc1N)C1CCCCC1. The van der Waals surface area contributed by atoms with Crippen molar-refractivity contribution < 1.29 is 8.42 Å². The van der Waals surface area contributed by atoms with Crippen molar-refractivity contribution in [3.8, 4) is 0 Å². The zero-order valence-corrected chi connectivity index (χ0v) is 13.3. The lowest BCUT2D eigenvalue weighted by Crippen LogP contribution is -2.30. The molecular formula is C15H25N3O2S. The molecule has 0 bridgehead atoms. The number of primary sulfonamides is 1. The highest BCUT2D eigenvalue weighted by atomic mass is 32.2. The molecule has 118 valence electrons. The number of rotatable bonds is 5. The second-order valence-corrected chi connectivity index (χ2v) is 7.41. The summed E-state index contributed by atoms with van der Waals surface area (Å²) in [6.07, 6.45) is 7.45. The first-order chi connectivity index (χ1) is 9.91. The lowest BCUT2D eigenvalue weighted by atomic mass is 9.83. The third-order valence-corrected chi connectivity index (χ3v) is 5.26. The largest absolute Gasteiger partial charge is 0.397 e. The van der Waals surface area contributed by atoms with E-state index in [1.807, 2.05) is 0 Å². The van der Waals surface area contributed by atoms with Crippen molar-refractivity contribution in [1.29, 1.82) is 0 Å². The van der Waals surface area contributed by atoms with E-state index in [1.54, 1.807) is 6.07 Å². The Morgan fingerprint density at radius 2 is 1.95 bits per heavy atom. The van der Waals surface area contributed by atoms with Crippen LogP contribution >= 0.6 is 0 Å². The van der Waals surface area contributed by atoms with Crippen LogP contribution in [0, 0.1) is 5.92 Å². The van der Waals surface area contributed by atoms with Gasteiger partial charge < -0.3 is 11.1 Å². The topological polar surface area (TPSA) is 98.2 Å². The number of sulfonamides is 1. The van der Waals surface area contributed by atoms with Crippen LogP contribution in [0.5, 0.6) is 0 Å². The van der Waals surface area contributed by atoms with Crippen molar-refractivity contribution in [1.82, 2.24) is 0 Å². The summed E-state index contributed by atoms with van der Waals surface area (Å²) in [4.78, 5) is 0.0521. The summed E-state index contributed by atoms with van der Waals surface area (Å²) in [6, 6.07) is 5.01. The highest BCUT2D eigenvalue weighted by molar-refractivity contribution is 7.89. The maximum absolute atomic E-state index is 11.3. The zero-order valence-electron chi connectivity index (χ0n) is 12.5. The molecule has 0 radical (unpaired) electrons. The molecule has 21 heavy (non-hydrogen) atoms. The van der Waals surface area contributed by atoms with E-state index < -0.39 is 10.0 Å². The van der Waals surface area contributed by atoms with E-state index in [4.69, 9.17) is 10.9 Å². The van der Waals surface area contributed by atoms with Gasteiger partial charge in [-0.05, 0) is 43.4 Å². The first kappa shape index (κ1) is 16.1. The summed E-state index contributed by atoms with van der Waals surface area (Å²) in [7, 11) is -3.70. The minimum absolute atomic E-state index is 0.0521. The molecule has 1 aliphatic carbocycles. The van der Waals surface area contributed by atoms with Crippen LogP contribution in [0.25, 0.3) is 0 Å². The van der Waals surface area contributed by atoms with Gasteiger partial charge in [-0.2, -0.15) is 0 Å². The van der Waals surface area contributed by atoms with Crippen LogP contribution in [0.3, 0.4) is 0 Å². The van der Waals surface area contributed by atoms with Gasteiger partial charge in [-0.25, -0.2) is 13.6 Å². The predicted molar refractivity (Wildman–Crippen MR) is 86.5 cm³/mol. The van der Waals surface area contributed by atoms with Crippen LogP contribution in [0.2, 0.25) is 0 Å². The fourth-order valence-corrected chi connectivity index (χ4v) is 3.69. The van der Waals surface area contributed by atoms with Crippen molar-refractivity contribution in [2.75, 3.05) is 11.1 Å². The average Bonchev–Trinajstić information content (AvgIpc) is 2.46. The lowest BCUT2D eigenvalue weighted by Gasteiger charge is -2.31. The Bertz CT molecular complexity index is 581. The van der Waals surface area contributed by atoms with E-state index in [9.17, 15) is 8.42 Å². The van der Waals surface area contributed by atoms with Crippen LogP contribution in [-0.4, -0.2) is 14.5 Å². The van der Waals surface area contributed by atoms with Gasteiger partial charge in [-0.3, -0.25) is 0 Å². The van der Waals surface area contributed by atoms with Gasteiger partial charge in [0.05, 0.1) is 16.3 Å². The van der Waals surface area contributed by atoms with Crippen LogP contribution in [0.4, 0.5) is 11.4 Å². The quantitative estimate of drug-likeness (QED) is 0.728. The third-order valence-electron chi connectivity index (χ3n) is 4.35. The Balaban J connectivity index is 2.14. The van der Waals surface area contributed by atoms with Gasteiger partial charge in [0, 0.05) is 6.04 Å². The average molecular weight is 311 g/mol. The molecule has 0 spiro atoms. The molecule has 1 saturated carbocycles. The Morgan fingerprint density at radius 3 is 2.48 bits per heavy atom. The molecular weight excluding hydrogens is 286 g/mol. The number of nitrogens with two attached hydrogens (primary N) is 2. The number of hydrogen-bond donors (Lipinski definition) is 3. The monoisotopic (exact) mass is 311 g/mol. The molecule has 1 aromatic carbocycles. The van der Waals surface area contributed by atoms with E-state index >= 15 is 0 Å². The van der Waals surface area contributed by atoms with Gasteiger partial charge in [0.1, 0.15) is 0 Å². The molecule has 5 N–H and O–H groups in total. The number of anilines is 2. The fourth-order valence-electron chi connectivity index (χ4n) is 3.14. The van der Waals surface area contributed by atoms with Crippen molar-refractivity contribution in [3.05, 3.63) is 18.2 Å². The maximum Gasteiger partial charge on any atom is 0.238 e. The molecule has 1 aromatic rings. The van der Waals surface area contributed by atoms with Crippen LogP contribution in [0.15, 0.2) is 23.1 Å². The molecule has 0 aromatic heterocycles.